The molecule has 5 aromatic rings. The molecule has 0 spiro atoms. The van der Waals surface area contributed by atoms with Gasteiger partial charge in [-0.15, -0.1) is 0 Å². The summed E-state index contributed by atoms with van der Waals surface area (Å²) in [5.74, 6) is 0.677. The monoisotopic (exact) mass is 422 g/mol. The molecule has 8 N–H and O–H groups in total. The maximum atomic E-state index is 5.74. The molecule has 0 saturated carbocycles. The summed E-state index contributed by atoms with van der Waals surface area (Å²) in [5.41, 5.74) is 18.0. The van der Waals surface area contributed by atoms with Crippen LogP contribution in [0.5, 0.6) is 0 Å². The number of fused-ring (bicyclic) bond motifs is 2. The summed E-state index contributed by atoms with van der Waals surface area (Å²) in [7, 11) is 0. The van der Waals surface area contributed by atoms with Crippen LogP contribution in [0.3, 0.4) is 0 Å². The lowest BCUT2D eigenvalue weighted by molar-refractivity contribution is -0.115. The fourth-order valence-electron chi connectivity index (χ4n) is 4.25. The van der Waals surface area contributed by atoms with Crippen LogP contribution >= 0.6 is 0 Å². The zero-order valence-electron chi connectivity index (χ0n) is 17.7. The van der Waals surface area contributed by atoms with Crippen molar-refractivity contribution < 1.29 is 10.8 Å². The highest BCUT2D eigenvalue weighted by Gasteiger charge is 2.09. The second kappa shape index (κ2) is 7.74. The molecule has 0 aliphatic heterocycles. The second-order valence-electron chi connectivity index (χ2n) is 8.17. The molecule has 0 saturated heterocycles. The molecule has 3 aromatic carbocycles. The molecule has 6 heteroatoms. The smallest absolute Gasteiger partial charge is 0.270 e. The van der Waals surface area contributed by atoms with Crippen LogP contribution in [-0.2, 0) is 13.1 Å². The average Bonchev–Trinajstić information content (AvgIpc) is 3.37. The lowest BCUT2D eigenvalue weighted by Gasteiger charge is -2.10. The molecule has 2 aromatic heterocycles. The number of rotatable bonds is 6. The summed E-state index contributed by atoms with van der Waals surface area (Å²) in [6.45, 7) is 1.58. The minimum atomic E-state index is 0.339. The first-order valence-corrected chi connectivity index (χ1v) is 10.5. The SMILES string of the molecule is NC(=[NH2+])c1ccc2c(ccn2Cc2cccc(Cn3ccc4cc(C(N)=[NH2+])ccc43)c2)c1. The number of hydrogen-bond donors (Lipinski definition) is 4. The summed E-state index contributed by atoms with van der Waals surface area (Å²) in [4.78, 5) is 0. The molecule has 0 fully saturated rings. The molecular formula is C26H26N6+2. The van der Waals surface area contributed by atoms with Crippen molar-refractivity contribution in [2.45, 2.75) is 13.1 Å². The van der Waals surface area contributed by atoms with Gasteiger partial charge in [0.1, 0.15) is 0 Å². The fraction of sp³-hybridized carbons (Fsp3) is 0.0769. The Kier molecular flexibility index (Phi) is 4.75. The minimum Gasteiger partial charge on any atom is -0.343 e. The number of amidine groups is 2. The summed E-state index contributed by atoms with van der Waals surface area (Å²) < 4.78 is 4.48. The molecule has 0 bridgehead atoms. The standard InChI is InChI=1S/C26H24N6/c27-25(28)21-4-6-23-19(13-21)8-10-31(23)15-17-2-1-3-18(12-17)16-32-11-9-20-14-22(26(29)30)5-7-24(20)32/h1-14H,15-16H2,(H3,27,28)(H3,29,30)/p+2. The van der Waals surface area contributed by atoms with Gasteiger partial charge in [0, 0.05) is 47.3 Å². The van der Waals surface area contributed by atoms with Crippen LogP contribution in [0, 0.1) is 0 Å². The predicted octanol–water partition coefficient (Wildman–Crippen LogP) is 0.621. The van der Waals surface area contributed by atoms with Crippen molar-refractivity contribution in [2.24, 2.45) is 11.5 Å². The second-order valence-corrected chi connectivity index (χ2v) is 8.17. The van der Waals surface area contributed by atoms with Crippen LogP contribution in [0.1, 0.15) is 22.3 Å². The largest absolute Gasteiger partial charge is 0.343 e. The van der Waals surface area contributed by atoms with E-state index >= 15 is 0 Å². The first-order valence-electron chi connectivity index (χ1n) is 10.5. The van der Waals surface area contributed by atoms with Gasteiger partial charge in [-0.05, 0) is 59.7 Å². The van der Waals surface area contributed by atoms with Crippen molar-refractivity contribution in [3.05, 3.63) is 107 Å². The van der Waals surface area contributed by atoms with Crippen molar-refractivity contribution in [1.82, 2.24) is 9.13 Å². The molecule has 2 heterocycles. The van der Waals surface area contributed by atoms with Crippen molar-refractivity contribution in [1.29, 1.82) is 0 Å². The van der Waals surface area contributed by atoms with E-state index in [0.29, 0.717) is 11.7 Å². The summed E-state index contributed by atoms with van der Waals surface area (Å²) in [6, 6.07) is 25.0. The van der Waals surface area contributed by atoms with Crippen LogP contribution in [0.2, 0.25) is 0 Å². The molecule has 158 valence electrons. The lowest BCUT2D eigenvalue weighted by Crippen LogP contribution is -2.46. The average molecular weight is 423 g/mol. The van der Waals surface area contributed by atoms with Gasteiger partial charge in [-0.25, -0.2) is 0 Å². The highest BCUT2D eigenvalue weighted by molar-refractivity contribution is 5.97. The Balaban J connectivity index is 1.40. The van der Waals surface area contributed by atoms with Crippen molar-refractivity contribution >= 4 is 33.5 Å². The molecule has 32 heavy (non-hydrogen) atoms. The Morgan fingerprint density at radius 1 is 0.625 bits per heavy atom. The quantitative estimate of drug-likeness (QED) is 0.237. The van der Waals surface area contributed by atoms with Crippen LogP contribution in [0.25, 0.3) is 21.8 Å². The van der Waals surface area contributed by atoms with Gasteiger partial charge in [-0.1, -0.05) is 24.3 Å². The summed E-state index contributed by atoms with van der Waals surface area (Å²) >= 11 is 0. The molecule has 5 rings (SSSR count). The molecule has 0 amide bonds. The number of nitrogens with zero attached hydrogens (tertiary/aromatic N) is 2. The third kappa shape index (κ3) is 3.63. The van der Waals surface area contributed by atoms with Gasteiger partial charge in [-0.2, -0.15) is 0 Å². The van der Waals surface area contributed by atoms with E-state index < -0.39 is 0 Å². The maximum Gasteiger partial charge on any atom is 0.270 e. The van der Waals surface area contributed by atoms with E-state index in [1.54, 1.807) is 0 Å². The zero-order valence-corrected chi connectivity index (χ0v) is 17.7. The van der Waals surface area contributed by atoms with Crippen LogP contribution in [-0.4, -0.2) is 20.8 Å². The normalized spacial score (nSPS) is 11.2. The molecule has 6 nitrogen and oxygen atoms in total. The number of nitrogens with two attached hydrogens (primary N) is 4. The van der Waals surface area contributed by atoms with Gasteiger partial charge in [0.15, 0.2) is 0 Å². The van der Waals surface area contributed by atoms with Gasteiger partial charge in [0.2, 0.25) is 0 Å². The van der Waals surface area contributed by atoms with E-state index in [-0.39, 0.29) is 0 Å². The Morgan fingerprint density at radius 2 is 1.09 bits per heavy atom. The summed E-state index contributed by atoms with van der Waals surface area (Å²) in [5, 5.41) is 13.7. The Hall–Kier alpha value is -4.32. The van der Waals surface area contributed by atoms with Crippen LogP contribution in [0.15, 0.2) is 85.2 Å². The van der Waals surface area contributed by atoms with E-state index in [4.69, 9.17) is 22.3 Å². The number of aromatic nitrogens is 2. The van der Waals surface area contributed by atoms with Crippen molar-refractivity contribution in [2.75, 3.05) is 0 Å². The maximum absolute atomic E-state index is 5.74. The topological polar surface area (TPSA) is 113 Å². The van der Waals surface area contributed by atoms with E-state index in [2.05, 4.69) is 70.1 Å². The lowest BCUT2D eigenvalue weighted by atomic mass is 10.1. The predicted molar refractivity (Wildman–Crippen MR) is 129 cm³/mol. The molecule has 0 aliphatic carbocycles. The third-order valence-electron chi connectivity index (χ3n) is 5.91. The van der Waals surface area contributed by atoms with E-state index in [9.17, 15) is 0 Å². The first kappa shape index (κ1) is 19.6. The van der Waals surface area contributed by atoms with Crippen molar-refractivity contribution in [3.8, 4) is 0 Å². The Morgan fingerprint density at radius 3 is 1.53 bits per heavy atom. The molecular weight excluding hydrogens is 396 g/mol. The van der Waals surface area contributed by atoms with Gasteiger partial charge in [0.05, 0.1) is 11.1 Å². The van der Waals surface area contributed by atoms with E-state index in [0.717, 1.165) is 46.0 Å². The minimum absolute atomic E-state index is 0.339. The fourth-order valence-corrected chi connectivity index (χ4v) is 4.25. The zero-order chi connectivity index (χ0) is 22.2. The van der Waals surface area contributed by atoms with Crippen molar-refractivity contribution in [3.63, 3.8) is 0 Å². The van der Waals surface area contributed by atoms with Crippen LogP contribution in [0.4, 0.5) is 0 Å². The molecule has 0 unspecified atom stereocenters. The highest BCUT2D eigenvalue weighted by Crippen LogP contribution is 2.21. The third-order valence-corrected chi connectivity index (χ3v) is 5.91. The van der Waals surface area contributed by atoms with E-state index in [1.165, 1.54) is 11.1 Å². The number of hydrogen-bond acceptors (Lipinski definition) is 0. The highest BCUT2D eigenvalue weighted by atomic mass is 15.0. The first-order chi connectivity index (χ1) is 15.5. The Labute approximate surface area is 185 Å². The molecule has 0 atom stereocenters. The summed E-state index contributed by atoms with van der Waals surface area (Å²) in [6.07, 6.45) is 4.20. The van der Waals surface area contributed by atoms with Gasteiger partial charge in [0.25, 0.3) is 11.7 Å². The van der Waals surface area contributed by atoms with E-state index in [1.807, 2.05) is 24.3 Å². The van der Waals surface area contributed by atoms with Gasteiger partial charge < -0.3 is 9.13 Å². The molecule has 0 aliphatic rings. The molecule has 0 radical (unpaired) electrons. The van der Waals surface area contributed by atoms with Gasteiger partial charge in [-0.3, -0.25) is 22.3 Å². The van der Waals surface area contributed by atoms with Gasteiger partial charge >= 0.3 is 0 Å². The van der Waals surface area contributed by atoms with Crippen LogP contribution < -0.4 is 22.3 Å². The Bertz CT molecular complexity index is 1380. The number of benzene rings is 3.